The Hall–Kier alpha value is -0.0500. The van der Waals surface area contributed by atoms with Gasteiger partial charge >= 0.3 is 6.18 Å². The normalized spacial score (nSPS) is 21.5. The fourth-order valence-electron chi connectivity index (χ4n) is 2.32. The zero-order valence-electron chi connectivity index (χ0n) is 11.4. The van der Waals surface area contributed by atoms with Gasteiger partial charge in [-0.25, -0.2) is 12.7 Å². The second-order valence-electron chi connectivity index (χ2n) is 4.96. The van der Waals surface area contributed by atoms with Crippen LogP contribution in [-0.2, 0) is 10.0 Å². The maximum absolute atomic E-state index is 12.0. The van der Waals surface area contributed by atoms with Crippen molar-refractivity contribution in [2.45, 2.75) is 31.9 Å². The fraction of sp³-hybridized carbons (Fsp3) is 1.00. The standard InChI is InChI=1S/C11H21F3N2O2S.ClH/c1-15-8-10-4-2-6-16(9-10)19(17,18)7-3-5-11(12,13)14;/h10,15H,2-9H2,1H3;1H. The van der Waals surface area contributed by atoms with Crippen LogP contribution in [0.4, 0.5) is 13.2 Å². The lowest BCUT2D eigenvalue weighted by molar-refractivity contribution is -0.134. The van der Waals surface area contributed by atoms with Crippen molar-refractivity contribution in [3.63, 3.8) is 0 Å². The van der Waals surface area contributed by atoms with E-state index in [1.165, 1.54) is 4.31 Å². The first-order chi connectivity index (χ1) is 8.74. The van der Waals surface area contributed by atoms with Crippen molar-refractivity contribution in [1.82, 2.24) is 9.62 Å². The van der Waals surface area contributed by atoms with Crippen LogP contribution in [0.15, 0.2) is 0 Å². The Morgan fingerprint density at radius 3 is 2.55 bits per heavy atom. The summed E-state index contributed by atoms with van der Waals surface area (Å²) >= 11 is 0. The number of halogens is 4. The molecule has 1 saturated heterocycles. The van der Waals surface area contributed by atoms with E-state index in [1.54, 1.807) is 7.05 Å². The molecule has 20 heavy (non-hydrogen) atoms. The van der Waals surface area contributed by atoms with Crippen molar-refractivity contribution in [3.05, 3.63) is 0 Å². The third kappa shape index (κ3) is 7.10. The summed E-state index contributed by atoms with van der Waals surface area (Å²) in [5.74, 6) is -0.171. The van der Waals surface area contributed by atoms with Crippen molar-refractivity contribution < 1.29 is 21.6 Å². The van der Waals surface area contributed by atoms with Crippen molar-refractivity contribution >= 4 is 22.4 Å². The average molecular weight is 339 g/mol. The number of nitrogens with zero attached hydrogens (tertiary/aromatic N) is 1. The molecule has 0 aromatic rings. The molecule has 1 aliphatic heterocycles. The van der Waals surface area contributed by atoms with Crippen LogP contribution < -0.4 is 5.32 Å². The highest BCUT2D eigenvalue weighted by atomic mass is 35.5. The number of hydrogen-bond acceptors (Lipinski definition) is 3. The summed E-state index contributed by atoms with van der Waals surface area (Å²) < 4.78 is 61.3. The minimum atomic E-state index is -4.29. The molecule has 0 bridgehead atoms. The van der Waals surface area contributed by atoms with Gasteiger partial charge in [0, 0.05) is 19.5 Å². The highest BCUT2D eigenvalue weighted by molar-refractivity contribution is 7.89. The minimum absolute atomic E-state index is 0. The molecule has 1 rings (SSSR count). The van der Waals surface area contributed by atoms with Gasteiger partial charge in [-0.3, -0.25) is 0 Å². The molecular weight excluding hydrogens is 317 g/mol. The second-order valence-corrected chi connectivity index (χ2v) is 7.05. The molecule has 1 unspecified atom stereocenters. The molecule has 0 spiro atoms. The molecular formula is C11H22ClF3N2O2S. The lowest BCUT2D eigenvalue weighted by Gasteiger charge is -2.31. The summed E-state index contributed by atoms with van der Waals surface area (Å²) in [6, 6.07) is 0. The van der Waals surface area contributed by atoms with Crippen molar-refractivity contribution in [2.75, 3.05) is 32.4 Å². The van der Waals surface area contributed by atoms with E-state index in [9.17, 15) is 21.6 Å². The summed E-state index contributed by atoms with van der Waals surface area (Å²) in [4.78, 5) is 0. The number of piperidine rings is 1. The zero-order valence-corrected chi connectivity index (χ0v) is 13.1. The minimum Gasteiger partial charge on any atom is -0.319 e. The van der Waals surface area contributed by atoms with Gasteiger partial charge in [0.1, 0.15) is 0 Å². The molecule has 0 amide bonds. The molecule has 0 aromatic heterocycles. The van der Waals surface area contributed by atoms with Gasteiger partial charge in [-0.15, -0.1) is 12.4 Å². The molecule has 1 aliphatic rings. The zero-order chi connectivity index (χ0) is 14.5. The molecule has 122 valence electrons. The Morgan fingerprint density at radius 2 is 2.00 bits per heavy atom. The molecule has 0 aromatic carbocycles. The first-order valence-electron chi connectivity index (χ1n) is 6.44. The van der Waals surface area contributed by atoms with Crippen LogP contribution in [0.2, 0.25) is 0 Å². The van der Waals surface area contributed by atoms with Gasteiger partial charge in [0.05, 0.1) is 5.75 Å². The molecule has 1 fully saturated rings. The second kappa shape index (κ2) is 8.41. The summed E-state index contributed by atoms with van der Waals surface area (Å²) in [6.45, 7) is 1.57. The molecule has 1 N–H and O–H groups in total. The molecule has 0 saturated carbocycles. The summed E-state index contributed by atoms with van der Waals surface area (Å²) in [7, 11) is -1.75. The Kier molecular flexibility index (Phi) is 8.39. The van der Waals surface area contributed by atoms with E-state index >= 15 is 0 Å². The molecule has 1 heterocycles. The first kappa shape index (κ1) is 19.9. The van der Waals surface area contributed by atoms with E-state index in [0.29, 0.717) is 13.1 Å². The Morgan fingerprint density at radius 1 is 1.35 bits per heavy atom. The van der Waals surface area contributed by atoms with E-state index in [2.05, 4.69) is 5.32 Å². The van der Waals surface area contributed by atoms with Crippen molar-refractivity contribution in [1.29, 1.82) is 0 Å². The van der Waals surface area contributed by atoms with Crippen LogP contribution >= 0.6 is 12.4 Å². The third-order valence-corrected chi connectivity index (χ3v) is 5.15. The van der Waals surface area contributed by atoms with Crippen molar-refractivity contribution in [2.24, 2.45) is 5.92 Å². The predicted octanol–water partition coefficient (Wildman–Crippen LogP) is 2.01. The Bertz CT molecular complexity index is 374. The fourth-order valence-corrected chi connectivity index (χ4v) is 3.93. The topological polar surface area (TPSA) is 49.4 Å². The van der Waals surface area contributed by atoms with Gasteiger partial charge in [-0.05, 0) is 38.8 Å². The van der Waals surface area contributed by atoms with E-state index in [-0.39, 0.29) is 24.7 Å². The van der Waals surface area contributed by atoms with Crippen LogP contribution in [0.5, 0.6) is 0 Å². The van der Waals surface area contributed by atoms with Crippen molar-refractivity contribution in [3.8, 4) is 0 Å². The lowest BCUT2D eigenvalue weighted by Crippen LogP contribution is -2.43. The van der Waals surface area contributed by atoms with Crippen LogP contribution in [0.1, 0.15) is 25.7 Å². The van der Waals surface area contributed by atoms with Gasteiger partial charge in [-0.2, -0.15) is 13.2 Å². The van der Waals surface area contributed by atoms with Crippen LogP contribution in [-0.4, -0.2) is 51.3 Å². The first-order valence-corrected chi connectivity index (χ1v) is 8.05. The Labute approximate surface area is 124 Å². The maximum atomic E-state index is 12.0. The number of hydrogen-bond donors (Lipinski definition) is 1. The Balaban J connectivity index is 0.00000361. The van der Waals surface area contributed by atoms with E-state index in [4.69, 9.17) is 0 Å². The molecule has 4 nitrogen and oxygen atoms in total. The van der Waals surface area contributed by atoms with E-state index in [0.717, 1.165) is 19.4 Å². The largest absolute Gasteiger partial charge is 0.389 e. The van der Waals surface area contributed by atoms with Crippen LogP contribution in [0.3, 0.4) is 0 Å². The molecule has 0 radical (unpaired) electrons. The third-order valence-electron chi connectivity index (χ3n) is 3.23. The SMILES string of the molecule is CNCC1CCCN(S(=O)(=O)CCCC(F)(F)F)C1.Cl. The number of nitrogens with one attached hydrogen (secondary N) is 1. The van der Waals surface area contributed by atoms with Gasteiger partial charge in [0.25, 0.3) is 0 Å². The van der Waals surface area contributed by atoms with E-state index in [1.807, 2.05) is 0 Å². The van der Waals surface area contributed by atoms with Crippen LogP contribution in [0, 0.1) is 5.92 Å². The average Bonchev–Trinajstić information content (AvgIpc) is 2.28. The number of sulfonamides is 1. The molecule has 9 heteroatoms. The quantitative estimate of drug-likeness (QED) is 0.806. The highest BCUT2D eigenvalue weighted by Gasteiger charge is 2.31. The van der Waals surface area contributed by atoms with Gasteiger partial charge in [-0.1, -0.05) is 0 Å². The predicted molar refractivity (Wildman–Crippen MR) is 74.5 cm³/mol. The van der Waals surface area contributed by atoms with Crippen LogP contribution in [0.25, 0.3) is 0 Å². The highest BCUT2D eigenvalue weighted by Crippen LogP contribution is 2.23. The monoisotopic (exact) mass is 338 g/mol. The van der Waals surface area contributed by atoms with Gasteiger partial charge < -0.3 is 5.32 Å². The molecule has 1 atom stereocenters. The number of alkyl halides is 3. The van der Waals surface area contributed by atoms with Gasteiger partial charge in [0.2, 0.25) is 10.0 Å². The molecule has 0 aliphatic carbocycles. The van der Waals surface area contributed by atoms with Gasteiger partial charge in [0.15, 0.2) is 0 Å². The lowest BCUT2D eigenvalue weighted by atomic mass is 10.00. The van der Waals surface area contributed by atoms with E-state index < -0.39 is 28.4 Å². The maximum Gasteiger partial charge on any atom is 0.389 e. The summed E-state index contributed by atoms with van der Waals surface area (Å²) in [6.07, 6.45) is -3.97. The smallest absolute Gasteiger partial charge is 0.319 e. The summed E-state index contributed by atoms with van der Waals surface area (Å²) in [5.41, 5.74) is 0. The summed E-state index contributed by atoms with van der Waals surface area (Å²) in [5, 5.41) is 3.00. The number of rotatable bonds is 6.